The number of hydrogen-bond acceptors (Lipinski definition) is 4. The van der Waals surface area contributed by atoms with Crippen molar-refractivity contribution in [2.24, 2.45) is 0 Å². The molecule has 1 aromatic rings. The zero-order valence-corrected chi connectivity index (χ0v) is 11.3. The summed E-state index contributed by atoms with van der Waals surface area (Å²) in [5.74, 6) is -1.27. The lowest BCUT2D eigenvalue weighted by molar-refractivity contribution is -0.128. The molecular weight excluding hydrogens is 264 g/mol. The topological polar surface area (TPSA) is 99.8 Å². The number of aromatic carboxylic acids is 1. The number of urea groups is 1. The molecule has 1 fully saturated rings. The molecule has 1 aromatic heterocycles. The summed E-state index contributed by atoms with van der Waals surface area (Å²) in [6.45, 7) is 3.55. The van der Waals surface area contributed by atoms with Crippen LogP contribution in [0.4, 0.5) is 4.79 Å². The van der Waals surface area contributed by atoms with Gasteiger partial charge in [0.1, 0.15) is 11.8 Å². The molecule has 1 saturated heterocycles. The van der Waals surface area contributed by atoms with E-state index in [1.165, 1.54) is 6.07 Å². The number of rotatable bonds is 5. The molecule has 0 spiro atoms. The molecule has 108 valence electrons. The SMILES string of the molecule is CCCC1NC(=O)N(Cc2cc(C(=O)O)oc2C)C1=O. The Hall–Kier alpha value is -2.31. The first-order valence-corrected chi connectivity index (χ1v) is 6.38. The second-order valence-corrected chi connectivity index (χ2v) is 4.71. The number of carbonyl (C=O) groups is 3. The van der Waals surface area contributed by atoms with Crippen LogP contribution >= 0.6 is 0 Å². The number of carbonyl (C=O) groups excluding carboxylic acids is 2. The highest BCUT2D eigenvalue weighted by molar-refractivity contribution is 6.04. The summed E-state index contributed by atoms with van der Waals surface area (Å²) >= 11 is 0. The number of nitrogens with zero attached hydrogens (tertiary/aromatic N) is 1. The van der Waals surface area contributed by atoms with Crippen LogP contribution in [0.3, 0.4) is 0 Å². The molecule has 2 rings (SSSR count). The van der Waals surface area contributed by atoms with E-state index in [4.69, 9.17) is 9.52 Å². The Morgan fingerprint density at radius 1 is 1.50 bits per heavy atom. The van der Waals surface area contributed by atoms with E-state index in [-0.39, 0.29) is 18.2 Å². The monoisotopic (exact) mass is 280 g/mol. The highest BCUT2D eigenvalue weighted by Crippen LogP contribution is 2.20. The van der Waals surface area contributed by atoms with Crippen LogP contribution < -0.4 is 5.32 Å². The van der Waals surface area contributed by atoms with Crippen molar-refractivity contribution >= 4 is 17.9 Å². The van der Waals surface area contributed by atoms with E-state index in [9.17, 15) is 14.4 Å². The maximum atomic E-state index is 12.1. The minimum atomic E-state index is -1.18. The van der Waals surface area contributed by atoms with Crippen LogP contribution in [0.5, 0.6) is 0 Å². The summed E-state index contributed by atoms with van der Waals surface area (Å²) in [7, 11) is 0. The summed E-state index contributed by atoms with van der Waals surface area (Å²) in [6.07, 6.45) is 1.38. The van der Waals surface area contributed by atoms with Gasteiger partial charge in [0.25, 0.3) is 5.91 Å². The van der Waals surface area contributed by atoms with Gasteiger partial charge in [0.15, 0.2) is 0 Å². The quantitative estimate of drug-likeness (QED) is 0.796. The molecule has 0 saturated carbocycles. The van der Waals surface area contributed by atoms with Gasteiger partial charge in [-0.3, -0.25) is 9.69 Å². The lowest BCUT2D eigenvalue weighted by atomic mass is 10.1. The Labute approximate surface area is 115 Å². The number of furan rings is 1. The van der Waals surface area contributed by atoms with Gasteiger partial charge in [-0.1, -0.05) is 13.3 Å². The third kappa shape index (κ3) is 2.52. The van der Waals surface area contributed by atoms with E-state index in [0.29, 0.717) is 17.7 Å². The Morgan fingerprint density at radius 3 is 2.75 bits per heavy atom. The normalized spacial score (nSPS) is 18.5. The minimum absolute atomic E-state index is 0.0213. The molecule has 1 aliphatic heterocycles. The molecule has 3 amide bonds. The molecule has 1 aliphatic rings. The molecule has 0 aliphatic carbocycles. The van der Waals surface area contributed by atoms with Crippen LogP contribution in [0.15, 0.2) is 10.5 Å². The molecule has 20 heavy (non-hydrogen) atoms. The van der Waals surface area contributed by atoms with E-state index in [1.807, 2.05) is 6.92 Å². The van der Waals surface area contributed by atoms with Crippen molar-refractivity contribution in [3.05, 3.63) is 23.2 Å². The standard InChI is InChI=1S/C13H16N2O5/c1-3-4-9-11(16)15(13(19)14-9)6-8-5-10(12(17)18)20-7(8)2/h5,9H,3-4,6H2,1-2H3,(H,14,19)(H,17,18). The van der Waals surface area contributed by atoms with Crippen LogP contribution in [0, 0.1) is 6.92 Å². The van der Waals surface area contributed by atoms with Crippen molar-refractivity contribution < 1.29 is 23.9 Å². The summed E-state index contributed by atoms with van der Waals surface area (Å²) < 4.78 is 5.06. The summed E-state index contributed by atoms with van der Waals surface area (Å²) in [6, 6.07) is 0.398. The maximum absolute atomic E-state index is 12.1. The minimum Gasteiger partial charge on any atom is -0.475 e. The van der Waals surface area contributed by atoms with Gasteiger partial charge in [-0.2, -0.15) is 0 Å². The van der Waals surface area contributed by atoms with Crippen molar-refractivity contribution in [1.29, 1.82) is 0 Å². The van der Waals surface area contributed by atoms with Gasteiger partial charge in [0, 0.05) is 5.56 Å². The number of carboxylic acid groups (broad SMARTS) is 1. The molecule has 0 bridgehead atoms. The second kappa shape index (κ2) is 5.36. The summed E-state index contributed by atoms with van der Waals surface area (Å²) in [5, 5.41) is 11.5. The van der Waals surface area contributed by atoms with E-state index in [1.54, 1.807) is 6.92 Å². The number of nitrogens with one attached hydrogen (secondary N) is 1. The first-order chi connectivity index (χ1) is 9.43. The maximum Gasteiger partial charge on any atom is 0.371 e. The molecule has 2 N–H and O–H groups in total. The van der Waals surface area contributed by atoms with E-state index < -0.39 is 18.0 Å². The zero-order valence-electron chi connectivity index (χ0n) is 11.3. The van der Waals surface area contributed by atoms with Crippen molar-refractivity contribution in [1.82, 2.24) is 10.2 Å². The van der Waals surface area contributed by atoms with Gasteiger partial charge >= 0.3 is 12.0 Å². The number of carboxylic acids is 1. The summed E-state index contributed by atoms with van der Waals surface area (Å²) in [5.41, 5.74) is 0.517. The number of aryl methyl sites for hydroxylation is 1. The largest absolute Gasteiger partial charge is 0.475 e. The average molecular weight is 280 g/mol. The first kappa shape index (κ1) is 14.1. The van der Waals surface area contributed by atoms with Crippen molar-refractivity contribution in [3.8, 4) is 0 Å². The molecule has 1 unspecified atom stereocenters. The average Bonchev–Trinajstić information content (AvgIpc) is 2.87. The molecule has 0 radical (unpaired) electrons. The van der Waals surface area contributed by atoms with Gasteiger partial charge in [0.05, 0.1) is 6.54 Å². The van der Waals surface area contributed by atoms with Crippen LogP contribution in [-0.4, -0.2) is 34.0 Å². The fraction of sp³-hybridized carbons (Fsp3) is 0.462. The predicted octanol–water partition coefficient (Wildman–Crippen LogP) is 1.51. The van der Waals surface area contributed by atoms with Crippen molar-refractivity contribution in [2.45, 2.75) is 39.3 Å². The van der Waals surface area contributed by atoms with Crippen LogP contribution in [0.1, 0.15) is 41.6 Å². The Kier molecular flexibility index (Phi) is 3.78. The number of hydrogen-bond donors (Lipinski definition) is 2. The van der Waals surface area contributed by atoms with Crippen LogP contribution in [-0.2, 0) is 11.3 Å². The lowest BCUT2D eigenvalue weighted by Crippen LogP contribution is -2.31. The van der Waals surface area contributed by atoms with Crippen molar-refractivity contribution in [2.75, 3.05) is 0 Å². The van der Waals surface area contributed by atoms with Gasteiger partial charge in [0.2, 0.25) is 5.76 Å². The smallest absolute Gasteiger partial charge is 0.371 e. The molecular formula is C13H16N2O5. The summed E-state index contributed by atoms with van der Waals surface area (Å²) in [4.78, 5) is 35.7. The Balaban J connectivity index is 2.15. The fourth-order valence-electron chi connectivity index (χ4n) is 2.16. The highest BCUT2D eigenvalue weighted by Gasteiger charge is 2.37. The Morgan fingerprint density at radius 2 is 2.20 bits per heavy atom. The fourth-order valence-corrected chi connectivity index (χ4v) is 2.16. The molecule has 1 atom stereocenters. The first-order valence-electron chi connectivity index (χ1n) is 6.38. The molecule has 2 heterocycles. The zero-order chi connectivity index (χ0) is 14.9. The highest BCUT2D eigenvalue weighted by atomic mass is 16.4. The molecule has 7 heteroatoms. The van der Waals surface area contributed by atoms with E-state index in [0.717, 1.165) is 11.3 Å². The van der Waals surface area contributed by atoms with Crippen LogP contribution in [0.25, 0.3) is 0 Å². The van der Waals surface area contributed by atoms with Gasteiger partial charge < -0.3 is 14.8 Å². The number of amides is 3. The number of imide groups is 1. The lowest BCUT2D eigenvalue weighted by Gasteiger charge is -2.11. The third-order valence-electron chi connectivity index (χ3n) is 3.24. The van der Waals surface area contributed by atoms with Gasteiger partial charge in [-0.05, 0) is 19.4 Å². The third-order valence-corrected chi connectivity index (χ3v) is 3.24. The van der Waals surface area contributed by atoms with E-state index in [2.05, 4.69) is 5.32 Å². The molecule has 0 aromatic carbocycles. The van der Waals surface area contributed by atoms with Crippen LogP contribution in [0.2, 0.25) is 0 Å². The van der Waals surface area contributed by atoms with Crippen molar-refractivity contribution in [3.63, 3.8) is 0 Å². The van der Waals surface area contributed by atoms with Gasteiger partial charge in [-0.15, -0.1) is 0 Å². The second-order valence-electron chi connectivity index (χ2n) is 4.71. The Bertz CT molecular complexity index is 563. The molecule has 7 nitrogen and oxygen atoms in total. The van der Waals surface area contributed by atoms with E-state index >= 15 is 0 Å². The van der Waals surface area contributed by atoms with Gasteiger partial charge in [-0.25, -0.2) is 9.59 Å². The predicted molar refractivity (Wildman–Crippen MR) is 68.2 cm³/mol.